The lowest BCUT2D eigenvalue weighted by molar-refractivity contribution is -0.144. The molecule has 2 aliphatic heterocycles. The summed E-state index contributed by atoms with van der Waals surface area (Å²) in [5, 5.41) is 10.2. The average Bonchev–Trinajstić information content (AvgIpc) is 2.89. The molecule has 2 aromatic rings. The SMILES string of the molecule is Cc1c(F)cccc1C1C(C(=O)O)CN(C(=O)OC(C)(C)C)CC1C(=O)c1cccc(OC2CCCCO2)c1. The lowest BCUT2D eigenvalue weighted by atomic mass is 9.70. The molecule has 9 heteroatoms. The second-order valence-electron chi connectivity index (χ2n) is 11.2. The Labute approximate surface area is 228 Å². The summed E-state index contributed by atoms with van der Waals surface area (Å²) in [6, 6.07) is 11.1. The summed E-state index contributed by atoms with van der Waals surface area (Å²) in [4.78, 5) is 40.9. The molecule has 2 saturated heterocycles. The predicted molar refractivity (Wildman–Crippen MR) is 141 cm³/mol. The number of ketones is 1. The van der Waals surface area contributed by atoms with E-state index in [9.17, 15) is 23.9 Å². The van der Waals surface area contributed by atoms with Gasteiger partial charge in [0.1, 0.15) is 17.2 Å². The number of piperidine rings is 1. The van der Waals surface area contributed by atoms with E-state index in [1.165, 1.54) is 17.0 Å². The van der Waals surface area contributed by atoms with Gasteiger partial charge in [-0.3, -0.25) is 9.59 Å². The number of benzene rings is 2. The summed E-state index contributed by atoms with van der Waals surface area (Å²) in [6.45, 7) is 7.08. The Kier molecular flexibility index (Phi) is 8.59. The third kappa shape index (κ3) is 6.76. The normalized spacial score (nSPS) is 23.7. The van der Waals surface area contributed by atoms with E-state index in [2.05, 4.69) is 0 Å². The fraction of sp³-hybridized carbons (Fsp3) is 0.500. The molecule has 210 valence electrons. The Bertz CT molecular complexity index is 1220. The molecule has 0 saturated carbocycles. The molecule has 2 aromatic carbocycles. The topological polar surface area (TPSA) is 102 Å². The van der Waals surface area contributed by atoms with Gasteiger partial charge in [0.05, 0.1) is 12.5 Å². The Hall–Kier alpha value is -3.46. The van der Waals surface area contributed by atoms with Gasteiger partial charge in [0.2, 0.25) is 0 Å². The van der Waals surface area contributed by atoms with Gasteiger partial charge in [0.15, 0.2) is 12.1 Å². The molecule has 4 unspecified atom stereocenters. The number of Topliss-reactive ketones (excluding diaryl/α,β-unsaturated/α-hetero) is 1. The van der Waals surface area contributed by atoms with Crippen molar-refractivity contribution < 1.29 is 38.1 Å². The number of carbonyl (C=O) groups excluding carboxylic acids is 2. The highest BCUT2D eigenvalue weighted by molar-refractivity contribution is 5.99. The number of hydrogen-bond donors (Lipinski definition) is 1. The standard InChI is InChI=1S/C30H36FNO7/c1-18-21(11-8-12-24(18)31)26-22(16-32(17-23(26)28(34)35)29(36)39-30(2,3)4)27(33)19-9-7-10-20(15-19)38-25-13-5-6-14-37-25/h7-12,15,22-23,25-26H,5-6,13-14,16-17H2,1-4H3,(H,34,35). The number of carbonyl (C=O) groups is 3. The summed E-state index contributed by atoms with van der Waals surface area (Å²) >= 11 is 0. The van der Waals surface area contributed by atoms with Gasteiger partial charge >= 0.3 is 12.1 Å². The van der Waals surface area contributed by atoms with Gasteiger partial charge in [-0.25, -0.2) is 9.18 Å². The zero-order chi connectivity index (χ0) is 28.3. The molecule has 1 amide bonds. The molecule has 2 aliphatic rings. The smallest absolute Gasteiger partial charge is 0.410 e. The van der Waals surface area contributed by atoms with E-state index in [0.29, 0.717) is 23.5 Å². The number of carboxylic acids is 1. The zero-order valence-electron chi connectivity index (χ0n) is 22.8. The quantitative estimate of drug-likeness (QED) is 0.477. The Morgan fingerprint density at radius 2 is 1.77 bits per heavy atom. The molecule has 0 spiro atoms. The van der Waals surface area contributed by atoms with Gasteiger partial charge in [-0.2, -0.15) is 0 Å². The first-order chi connectivity index (χ1) is 18.4. The zero-order valence-corrected chi connectivity index (χ0v) is 22.8. The Balaban J connectivity index is 1.72. The highest BCUT2D eigenvalue weighted by Crippen LogP contribution is 2.41. The second kappa shape index (κ2) is 11.7. The average molecular weight is 542 g/mol. The van der Waals surface area contributed by atoms with Crippen LogP contribution in [0.15, 0.2) is 42.5 Å². The van der Waals surface area contributed by atoms with Crippen LogP contribution in [-0.2, 0) is 14.3 Å². The molecule has 8 nitrogen and oxygen atoms in total. The van der Waals surface area contributed by atoms with Crippen LogP contribution in [0.25, 0.3) is 0 Å². The number of nitrogens with zero attached hydrogens (tertiary/aromatic N) is 1. The summed E-state index contributed by atoms with van der Waals surface area (Å²) < 4.78 is 31.8. The van der Waals surface area contributed by atoms with Gasteiger partial charge in [-0.15, -0.1) is 0 Å². The maximum Gasteiger partial charge on any atom is 0.410 e. The van der Waals surface area contributed by atoms with Gasteiger partial charge < -0.3 is 24.2 Å². The highest BCUT2D eigenvalue weighted by atomic mass is 19.1. The van der Waals surface area contributed by atoms with E-state index < -0.39 is 47.5 Å². The molecular formula is C30H36FNO7. The number of hydrogen-bond acceptors (Lipinski definition) is 6. The van der Waals surface area contributed by atoms with Crippen LogP contribution in [0.5, 0.6) is 5.75 Å². The fourth-order valence-electron chi connectivity index (χ4n) is 5.32. The minimum Gasteiger partial charge on any atom is -0.481 e. The van der Waals surface area contributed by atoms with E-state index in [1.807, 2.05) is 0 Å². The number of amides is 1. The van der Waals surface area contributed by atoms with E-state index in [4.69, 9.17) is 14.2 Å². The van der Waals surface area contributed by atoms with Crippen LogP contribution in [0.4, 0.5) is 9.18 Å². The van der Waals surface area contributed by atoms with E-state index in [-0.39, 0.29) is 24.4 Å². The molecule has 4 atom stereocenters. The first kappa shape index (κ1) is 28.5. The van der Waals surface area contributed by atoms with Crippen molar-refractivity contribution in [2.75, 3.05) is 19.7 Å². The number of halogens is 1. The largest absolute Gasteiger partial charge is 0.481 e. The lowest BCUT2D eigenvalue weighted by Gasteiger charge is -2.42. The Morgan fingerprint density at radius 1 is 1.05 bits per heavy atom. The summed E-state index contributed by atoms with van der Waals surface area (Å²) in [7, 11) is 0. The highest BCUT2D eigenvalue weighted by Gasteiger charge is 2.47. The summed E-state index contributed by atoms with van der Waals surface area (Å²) in [5.74, 6) is -4.55. The molecule has 2 heterocycles. The monoisotopic (exact) mass is 541 g/mol. The third-order valence-corrected chi connectivity index (χ3v) is 7.20. The van der Waals surface area contributed by atoms with Crippen LogP contribution in [0.3, 0.4) is 0 Å². The molecular weight excluding hydrogens is 505 g/mol. The van der Waals surface area contributed by atoms with Crippen LogP contribution >= 0.6 is 0 Å². The lowest BCUT2D eigenvalue weighted by Crippen LogP contribution is -2.53. The van der Waals surface area contributed by atoms with Crippen LogP contribution < -0.4 is 4.74 Å². The van der Waals surface area contributed by atoms with Gasteiger partial charge in [0.25, 0.3) is 0 Å². The predicted octanol–water partition coefficient (Wildman–Crippen LogP) is 5.57. The van der Waals surface area contributed by atoms with Gasteiger partial charge in [-0.05, 0) is 69.9 Å². The first-order valence-electron chi connectivity index (χ1n) is 13.3. The minimum absolute atomic E-state index is 0.0744. The van der Waals surface area contributed by atoms with E-state index in [1.54, 1.807) is 58.0 Å². The fourth-order valence-corrected chi connectivity index (χ4v) is 5.32. The molecule has 0 aromatic heterocycles. The van der Waals surface area contributed by atoms with Crippen LogP contribution in [-0.4, -0.2) is 59.4 Å². The molecule has 2 fully saturated rings. The van der Waals surface area contributed by atoms with Crippen molar-refractivity contribution in [3.8, 4) is 5.75 Å². The molecule has 0 radical (unpaired) electrons. The van der Waals surface area contributed by atoms with Crippen LogP contribution in [0, 0.1) is 24.6 Å². The number of rotatable bonds is 6. The molecule has 0 bridgehead atoms. The van der Waals surface area contributed by atoms with Crippen molar-refractivity contribution in [2.24, 2.45) is 11.8 Å². The number of aliphatic carboxylic acids is 1. The maximum atomic E-state index is 14.6. The van der Waals surface area contributed by atoms with Crippen molar-refractivity contribution >= 4 is 17.8 Å². The molecule has 1 N–H and O–H groups in total. The number of ether oxygens (including phenoxy) is 3. The van der Waals surface area contributed by atoms with Crippen molar-refractivity contribution in [1.29, 1.82) is 0 Å². The van der Waals surface area contributed by atoms with Crippen molar-refractivity contribution in [3.63, 3.8) is 0 Å². The van der Waals surface area contributed by atoms with Gasteiger partial charge in [-0.1, -0.05) is 24.3 Å². The van der Waals surface area contributed by atoms with Gasteiger partial charge in [0, 0.05) is 36.9 Å². The summed E-state index contributed by atoms with van der Waals surface area (Å²) in [5.41, 5.74) is 0.219. The Morgan fingerprint density at radius 3 is 2.44 bits per heavy atom. The molecule has 39 heavy (non-hydrogen) atoms. The van der Waals surface area contributed by atoms with Crippen molar-refractivity contribution in [1.82, 2.24) is 4.90 Å². The van der Waals surface area contributed by atoms with E-state index >= 15 is 0 Å². The maximum absolute atomic E-state index is 14.6. The van der Waals surface area contributed by atoms with Crippen molar-refractivity contribution in [2.45, 2.75) is 64.8 Å². The van der Waals surface area contributed by atoms with Crippen molar-refractivity contribution in [3.05, 3.63) is 65.0 Å². The van der Waals surface area contributed by atoms with Crippen LogP contribution in [0.2, 0.25) is 0 Å². The first-order valence-corrected chi connectivity index (χ1v) is 13.3. The summed E-state index contributed by atoms with van der Waals surface area (Å²) in [6.07, 6.45) is 1.59. The molecule has 0 aliphatic carbocycles. The molecule has 4 rings (SSSR count). The number of likely N-dealkylation sites (tertiary alicyclic amines) is 1. The second-order valence-corrected chi connectivity index (χ2v) is 11.2. The number of carboxylic acid groups (broad SMARTS) is 1. The van der Waals surface area contributed by atoms with Crippen LogP contribution in [0.1, 0.15) is 67.4 Å². The minimum atomic E-state index is -1.18. The van der Waals surface area contributed by atoms with E-state index in [0.717, 1.165) is 19.3 Å². The third-order valence-electron chi connectivity index (χ3n) is 7.20.